The van der Waals surface area contributed by atoms with Gasteiger partial charge in [-0.1, -0.05) is 20.8 Å². The number of aryl methyl sites for hydroxylation is 2. The lowest BCUT2D eigenvalue weighted by Crippen LogP contribution is -2.49. The van der Waals surface area contributed by atoms with Gasteiger partial charge in [-0.15, -0.1) is 0 Å². The highest BCUT2D eigenvalue weighted by Gasteiger charge is 2.72. The summed E-state index contributed by atoms with van der Waals surface area (Å²) in [5.41, 5.74) is 10.8. The van der Waals surface area contributed by atoms with Gasteiger partial charge in [0.1, 0.15) is 0 Å². The van der Waals surface area contributed by atoms with E-state index >= 15 is 0 Å². The summed E-state index contributed by atoms with van der Waals surface area (Å²) in [6.45, 7) is 10.7. The molecule has 1 aromatic carbocycles. The zero-order chi connectivity index (χ0) is 16.8. The van der Waals surface area contributed by atoms with Gasteiger partial charge in [0.25, 0.3) is 0 Å². The smallest absolute Gasteiger partial charge is 0.230 e. The number of carbonyl (C=O) groups excluding carboxylic acids is 1. The normalized spacial score (nSPS) is 30.7. The quantitative estimate of drug-likeness (QED) is 0.880. The number of amides is 1. The number of nitrogens with zero attached hydrogens (tertiary/aromatic N) is 2. The van der Waals surface area contributed by atoms with Gasteiger partial charge >= 0.3 is 0 Å². The second-order valence-electron chi connectivity index (χ2n) is 8.07. The molecule has 0 aliphatic heterocycles. The average Bonchev–Trinajstić information content (AvgIpc) is 2.75. The van der Waals surface area contributed by atoms with E-state index in [0.717, 1.165) is 35.3 Å². The van der Waals surface area contributed by atoms with Crippen molar-refractivity contribution in [2.45, 2.75) is 58.3 Å². The second kappa shape index (κ2) is 3.92. The van der Waals surface area contributed by atoms with Crippen LogP contribution < -0.4 is 5.73 Å². The van der Waals surface area contributed by atoms with Crippen LogP contribution in [0.15, 0.2) is 12.1 Å². The number of aromatic nitrogens is 2. The maximum Gasteiger partial charge on any atom is 0.230 e. The molecular formula is C19H23N3O. The van der Waals surface area contributed by atoms with Crippen LogP contribution in [0, 0.1) is 19.3 Å². The van der Waals surface area contributed by atoms with Crippen LogP contribution in [0.5, 0.6) is 0 Å². The molecule has 23 heavy (non-hydrogen) atoms. The second-order valence-corrected chi connectivity index (χ2v) is 8.07. The first kappa shape index (κ1) is 14.6. The first-order chi connectivity index (χ1) is 10.6. The van der Waals surface area contributed by atoms with Crippen molar-refractivity contribution in [3.05, 3.63) is 34.6 Å². The number of nitrogens with two attached hydrogens (primary N) is 1. The number of fused-ring (bicyclic) bond motifs is 6. The van der Waals surface area contributed by atoms with Crippen LogP contribution >= 0.6 is 0 Å². The van der Waals surface area contributed by atoms with E-state index < -0.39 is 5.41 Å². The van der Waals surface area contributed by atoms with E-state index in [0.29, 0.717) is 0 Å². The molecule has 1 fully saturated rings. The number of rotatable bonds is 1. The lowest BCUT2D eigenvalue weighted by atomic mass is 9.63. The summed E-state index contributed by atoms with van der Waals surface area (Å²) in [5, 5.41) is 0. The molecule has 0 radical (unpaired) electrons. The molecule has 2 N–H and O–H groups in total. The highest BCUT2D eigenvalue weighted by atomic mass is 16.1. The number of carbonyl (C=O) groups is 1. The highest BCUT2D eigenvalue weighted by Crippen LogP contribution is 2.69. The van der Waals surface area contributed by atoms with E-state index in [1.165, 1.54) is 11.1 Å². The molecule has 1 saturated carbocycles. The number of hydrogen-bond donors (Lipinski definition) is 1. The third-order valence-corrected chi connectivity index (χ3v) is 7.07. The molecule has 4 rings (SSSR count). The van der Waals surface area contributed by atoms with Crippen LogP contribution in [-0.2, 0) is 15.6 Å². The van der Waals surface area contributed by atoms with Gasteiger partial charge in [0.2, 0.25) is 5.91 Å². The molecule has 2 aromatic rings. The van der Waals surface area contributed by atoms with Crippen LogP contribution in [0.3, 0.4) is 0 Å². The topological polar surface area (TPSA) is 68.9 Å². The molecule has 2 atom stereocenters. The van der Waals surface area contributed by atoms with Gasteiger partial charge in [0, 0.05) is 5.41 Å². The minimum atomic E-state index is -0.697. The average molecular weight is 309 g/mol. The predicted octanol–water partition coefficient (Wildman–Crippen LogP) is 3.06. The number of benzene rings is 1. The largest absolute Gasteiger partial charge is 0.369 e. The summed E-state index contributed by atoms with van der Waals surface area (Å²) in [6.07, 6.45) is 1.70. The Morgan fingerprint density at radius 1 is 1.00 bits per heavy atom. The van der Waals surface area contributed by atoms with Gasteiger partial charge in [-0.25, -0.2) is 9.97 Å². The van der Waals surface area contributed by atoms with Crippen molar-refractivity contribution < 1.29 is 4.79 Å². The van der Waals surface area contributed by atoms with E-state index in [-0.39, 0.29) is 16.7 Å². The Bertz CT molecular complexity index is 886. The number of hydrogen-bond acceptors (Lipinski definition) is 3. The van der Waals surface area contributed by atoms with Gasteiger partial charge in [0.05, 0.1) is 27.8 Å². The minimum Gasteiger partial charge on any atom is -0.369 e. The zero-order valence-corrected chi connectivity index (χ0v) is 14.4. The maximum atomic E-state index is 12.5. The molecule has 2 aliphatic carbocycles. The summed E-state index contributed by atoms with van der Waals surface area (Å²) in [6, 6.07) is 4.16. The summed E-state index contributed by atoms with van der Waals surface area (Å²) in [5.74, 6) is -0.262. The van der Waals surface area contributed by atoms with Gasteiger partial charge in [-0.3, -0.25) is 4.79 Å². The Morgan fingerprint density at radius 2 is 1.52 bits per heavy atom. The van der Waals surface area contributed by atoms with Crippen LogP contribution in [0.1, 0.15) is 56.1 Å². The molecular weight excluding hydrogens is 286 g/mol. The van der Waals surface area contributed by atoms with Crippen molar-refractivity contribution in [2.24, 2.45) is 11.1 Å². The molecule has 4 heteroatoms. The molecule has 1 aromatic heterocycles. The maximum absolute atomic E-state index is 12.5. The SMILES string of the molecule is Cc1cc2nc3c(nc2cc1C)C1(C(N)=O)CCC3(C)C1(C)C. The van der Waals surface area contributed by atoms with Crippen LogP contribution in [0.25, 0.3) is 11.0 Å². The lowest BCUT2D eigenvalue weighted by Gasteiger charge is -2.38. The Kier molecular flexibility index (Phi) is 2.49. The lowest BCUT2D eigenvalue weighted by molar-refractivity contribution is -0.127. The first-order valence-corrected chi connectivity index (χ1v) is 8.25. The first-order valence-electron chi connectivity index (χ1n) is 8.25. The molecule has 4 nitrogen and oxygen atoms in total. The van der Waals surface area contributed by atoms with Crippen molar-refractivity contribution in [2.75, 3.05) is 0 Å². The summed E-state index contributed by atoms with van der Waals surface area (Å²) < 4.78 is 0. The monoisotopic (exact) mass is 309 g/mol. The van der Waals surface area contributed by atoms with Gasteiger partial charge in [0.15, 0.2) is 0 Å². The van der Waals surface area contributed by atoms with Crippen molar-refractivity contribution in [1.82, 2.24) is 9.97 Å². The minimum absolute atomic E-state index is 0.155. The fraction of sp³-hybridized carbons (Fsp3) is 0.526. The van der Waals surface area contributed by atoms with Crippen molar-refractivity contribution in [3.63, 3.8) is 0 Å². The van der Waals surface area contributed by atoms with Crippen LogP contribution in [0.4, 0.5) is 0 Å². The third-order valence-electron chi connectivity index (χ3n) is 7.07. The molecule has 0 spiro atoms. The molecule has 120 valence electrons. The third kappa shape index (κ3) is 1.37. The molecule has 2 unspecified atom stereocenters. The summed E-state index contributed by atoms with van der Waals surface area (Å²) >= 11 is 0. The van der Waals surface area contributed by atoms with E-state index in [9.17, 15) is 4.79 Å². The summed E-state index contributed by atoms with van der Waals surface area (Å²) in [7, 11) is 0. The summed E-state index contributed by atoms with van der Waals surface area (Å²) in [4.78, 5) is 22.4. The van der Waals surface area contributed by atoms with E-state index in [2.05, 4.69) is 46.8 Å². The van der Waals surface area contributed by atoms with Crippen molar-refractivity contribution >= 4 is 16.9 Å². The molecule has 1 heterocycles. The molecule has 2 aliphatic rings. The molecule has 2 bridgehead atoms. The highest BCUT2D eigenvalue weighted by molar-refractivity contribution is 5.91. The van der Waals surface area contributed by atoms with Gasteiger partial charge < -0.3 is 5.73 Å². The Hall–Kier alpha value is -1.97. The van der Waals surface area contributed by atoms with Crippen molar-refractivity contribution in [1.29, 1.82) is 0 Å². The van der Waals surface area contributed by atoms with Crippen LogP contribution in [0.2, 0.25) is 0 Å². The fourth-order valence-electron chi connectivity index (χ4n) is 4.90. The van der Waals surface area contributed by atoms with Crippen LogP contribution in [-0.4, -0.2) is 15.9 Å². The standard InChI is InChI=1S/C19H23N3O/c1-10-8-12-13(9-11(10)2)22-15-14(21-12)18(5)6-7-19(15,16(20)23)17(18,3)4/h8-9H,6-7H2,1-5H3,(H2,20,23). The fourth-order valence-corrected chi connectivity index (χ4v) is 4.90. The molecule has 1 amide bonds. The predicted molar refractivity (Wildman–Crippen MR) is 90.3 cm³/mol. The van der Waals surface area contributed by atoms with E-state index in [1.54, 1.807) is 0 Å². The number of primary amides is 1. The van der Waals surface area contributed by atoms with E-state index in [1.807, 2.05) is 0 Å². The zero-order valence-electron chi connectivity index (χ0n) is 14.4. The van der Waals surface area contributed by atoms with E-state index in [4.69, 9.17) is 15.7 Å². The van der Waals surface area contributed by atoms with Crippen molar-refractivity contribution in [3.8, 4) is 0 Å². The Morgan fingerprint density at radius 3 is 2.04 bits per heavy atom. The Balaban J connectivity index is 2.13. The Labute approximate surface area is 136 Å². The van der Waals surface area contributed by atoms with Gasteiger partial charge in [-0.05, 0) is 55.4 Å². The van der Waals surface area contributed by atoms with Gasteiger partial charge in [-0.2, -0.15) is 0 Å². The molecule has 0 saturated heterocycles.